The number of rotatable bonds is 5. The van der Waals surface area contributed by atoms with Crippen LogP contribution in [0, 0.1) is 5.41 Å². The van der Waals surface area contributed by atoms with Gasteiger partial charge < -0.3 is 0 Å². The van der Waals surface area contributed by atoms with E-state index in [0.29, 0.717) is 4.81 Å². The van der Waals surface area contributed by atoms with Gasteiger partial charge in [-0.25, -0.2) is 0 Å². The SMILES string of the molecule is C[CH2][W]([CH]=O)([CH]=O)([CH]=O)[C]1=C(C)C(C)=C(C)C1(C)C. The summed E-state index contributed by atoms with van der Waals surface area (Å²) < 4.78 is 3.02. The Bertz CT molecular complexity index is 499. The van der Waals surface area contributed by atoms with Crippen molar-refractivity contribution in [2.45, 2.75) is 46.4 Å². The number of carbonyl (C=O) groups excluding carboxylic acids is 3. The summed E-state index contributed by atoms with van der Waals surface area (Å²) in [6.45, 7) is 11.8. The van der Waals surface area contributed by atoms with Crippen molar-refractivity contribution in [3.8, 4) is 0 Å². The normalized spacial score (nSPS) is 21.1. The molecule has 0 N–H and O–H groups in total. The molecule has 0 radical (unpaired) electrons. The second kappa shape index (κ2) is 4.63. The molecule has 0 aromatic carbocycles. The summed E-state index contributed by atoms with van der Waals surface area (Å²) in [5.74, 6) is 0. The molecule has 0 heterocycles. The molecule has 0 fully saturated rings. The van der Waals surface area contributed by atoms with Crippen LogP contribution >= 0.6 is 0 Å². The van der Waals surface area contributed by atoms with Gasteiger partial charge in [0.2, 0.25) is 0 Å². The average molecular weight is 435 g/mol. The second-order valence-electron chi connectivity index (χ2n) is 5.81. The quantitative estimate of drug-likeness (QED) is 0.623. The van der Waals surface area contributed by atoms with Crippen molar-refractivity contribution in [2.24, 2.45) is 5.41 Å². The van der Waals surface area contributed by atoms with Crippen molar-refractivity contribution in [1.82, 2.24) is 0 Å². The van der Waals surface area contributed by atoms with E-state index in [4.69, 9.17) is 0 Å². The zero-order chi connectivity index (χ0) is 15.1. The molecule has 3 nitrogen and oxygen atoms in total. The molecule has 0 bridgehead atoms. The van der Waals surface area contributed by atoms with E-state index in [9.17, 15) is 14.4 Å². The van der Waals surface area contributed by atoms with Crippen LogP contribution in [0.4, 0.5) is 0 Å². The summed E-state index contributed by atoms with van der Waals surface area (Å²) >= 11 is -4.81. The molecule has 0 saturated carbocycles. The summed E-state index contributed by atoms with van der Waals surface area (Å²) in [7, 11) is 0. The van der Waals surface area contributed by atoms with Crippen molar-refractivity contribution >= 4 is 14.0 Å². The first kappa shape index (κ1) is 16.2. The van der Waals surface area contributed by atoms with Gasteiger partial charge in [-0.05, 0) is 0 Å². The summed E-state index contributed by atoms with van der Waals surface area (Å²) in [6, 6.07) is 0. The van der Waals surface area contributed by atoms with E-state index in [0.717, 1.165) is 34.7 Å². The minimum absolute atomic E-state index is 0.354. The standard InChI is InChI=1S/C10H15.C2H5.3CHO.W/c1-7-6-10(4,5)9(3)8(7)2;4*1-2;/h1-5H3;1H2,2H3;3*1H;. The third kappa shape index (κ3) is 1.78. The molecule has 4 heteroatoms. The zero-order valence-corrected chi connectivity index (χ0v) is 15.5. The fourth-order valence-corrected chi connectivity index (χ4v) is 15.4. The van der Waals surface area contributed by atoms with Crippen LogP contribution in [0.2, 0.25) is 4.81 Å². The molecule has 1 aliphatic carbocycles. The maximum atomic E-state index is 11.9. The number of allylic oxidation sites excluding steroid dienone is 4. The molecule has 1 rings (SSSR count). The van der Waals surface area contributed by atoms with E-state index >= 15 is 0 Å². The predicted octanol–water partition coefficient (Wildman–Crippen LogP) is 3.34. The molecule has 0 amide bonds. The van der Waals surface area contributed by atoms with Crippen LogP contribution in [-0.2, 0) is 29.2 Å². The molecule has 0 atom stereocenters. The molecule has 0 spiro atoms. The van der Waals surface area contributed by atoms with Crippen molar-refractivity contribution in [2.75, 3.05) is 0 Å². The zero-order valence-electron chi connectivity index (χ0n) is 12.6. The Morgan fingerprint density at radius 1 is 0.947 bits per heavy atom. The fourth-order valence-electron chi connectivity index (χ4n) is 3.12. The topological polar surface area (TPSA) is 51.2 Å². The molecular formula is C15H23O3W. The van der Waals surface area contributed by atoms with Crippen molar-refractivity contribution in [1.29, 1.82) is 0 Å². The Hall–Kier alpha value is -0.822. The van der Waals surface area contributed by atoms with Gasteiger partial charge in [-0.3, -0.25) is 0 Å². The predicted molar refractivity (Wildman–Crippen MR) is 75.6 cm³/mol. The van der Waals surface area contributed by atoms with Gasteiger partial charge in [0.15, 0.2) is 0 Å². The minimum atomic E-state index is -4.81. The summed E-state index contributed by atoms with van der Waals surface area (Å²) in [5, 5.41) is 0. The number of hydrogen-bond acceptors (Lipinski definition) is 3. The third-order valence-electron chi connectivity index (χ3n) is 4.79. The van der Waals surface area contributed by atoms with Crippen molar-refractivity contribution in [3.05, 3.63) is 20.7 Å². The number of hydrogen-bond donors (Lipinski definition) is 0. The van der Waals surface area contributed by atoms with Crippen LogP contribution in [0.25, 0.3) is 0 Å². The summed E-state index contributed by atoms with van der Waals surface area (Å²) in [5.41, 5.74) is 2.86. The molecule has 0 aliphatic heterocycles. The van der Waals surface area contributed by atoms with Gasteiger partial charge in [-0.1, -0.05) is 0 Å². The first-order valence-corrected chi connectivity index (χ1v) is 15.0. The molecule has 0 saturated heterocycles. The van der Waals surface area contributed by atoms with E-state index < -0.39 is 14.8 Å². The van der Waals surface area contributed by atoms with Crippen LogP contribution < -0.4 is 0 Å². The van der Waals surface area contributed by atoms with Gasteiger partial charge in [0, 0.05) is 0 Å². The molecular weight excluding hydrogens is 412 g/mol. The van der Waals surface area contributed by atoms with Gasteiger partial charge in [-0.15, -0.1) is 0 Å². The Kier molecular flexibility index (Phi) is 3.95. The van der Waals surface area contributed by atoms with Crippen LogP contribution in [0.15, 0.2) is 20.7 Å². The van der Waals surface area contributed by atoms with Gasteiger partial charge in [0.1, 0.15) is 0 Å². The third-order valence-corrected chi connectivity index (χ3v) is 20.8. The molecule has 0 aromatic rings. The Morgan fingerprint density at radius 3 is 1.58 bits per heavy atom. The second-order valence-corrected chi connectivity index (χ2v) is 21.5. The monoisotopic (exact) mass is 435 g/mol. The Labute approximate surface area is 116 Å². The van der Waals surface area contributed by atoms with Crippen LogP contribution in [0.5, 0.6) is 0 Å². The summed E-state index contributed by atoms with van der Waals surface area (Å²) in [4.78, 5) is 35.9. The van der Waals surface area contributed by atoms with E-state index in [2.05, 4.69) is 0 Å². The van der Waals surface area contributed by atoms with E-state index in [1.807, 2.05) is 34.6 Å². The van der Waals surface area contributed by atoms with Gasteiger partial charge >= 0.3 is 116 Å². The van der Waals surface area contributed by atoms with Crippen molar-refractivity contribution < 1.29 is 29.2 Å². The molecule has 107 valence electrons. The maximum absolute atomic E-state index is 11.9. The fraction of sp³-hybridized carbons (Fsp3) is 0.533. The first-order valence-electron chi connectivity index (χ1n) is 6.36. The Morgan fingerprint density at radius 2 is 1.37 bits per heavy atom. The van der Waals surface area contributed by atoms with Gasteiger partial charge in [0.25, 0.3) is 0 Å². The first-order chi connectivity index (χ1) is 8.66. The van der Waals surface area contributed by atoms with E-state index in [1.54, 1.807) is 6.92 Å². The number of carbonyl (C=O) groups is 3. The average Bonchev–Trinajstić information content (AvgIpc) is 2.57. The van der Waals surface area contributed by atoms with Crippen LogP contribution in [0.1, 0.15) is 41.5 Å². The Balaban J connectivity index is 3.85. The van der Waals surface area contributed by atoms with E-state index in [-0.39, 0.29) is 5.41 Å². The van der Waals surface area contributed by atoms with Crippen LogP contribution in [-0.4, -0.2) is 14.0 Å². The van der Waals surface area contributed by atoms with Crippen molar-refractivity contribution in [3.63, 3.8) is 0 Å². The molecule has 0 aromatic heterocycles. The summed E-state index contributed by atoms with van der Waals surface area (Å²) in [6.07, 6.45) is 0. The van der Waals surface area contributed by atoms with E-state index in [1.165, 1.54) is 0 Å². The van der Waals surface area contributed by atoms with Gasteiger partial charge in [-0.2, -0.15) is 0 Å². The molecule has 19 heavy (non-hydrogen) atoms. The molecule has 0 unspecified atom stereocenters. The van der Waals surface area contributed by atoms with Crippen LogP contribution in [0.3, 0.4) is 0 Å². The van der Waals surface area contributed by atoms with Gasteiger partial charge in [0.05, 0.1) is 0 Å². The molecule has 1 aliphatic rings.